The van der Waals surface area contributed by atoms with E-state index in [1.165, 1.54) is 0 Å². The molecule has 0 unspecified atom stereocenters. The van der Waals surface area contributed by atoms with E-state index in [-0.39, 0.29) is 11.8 Å². The number of hydrogen-bond acceptors (Lipinski definition) is 2. The molecule has 0 aliphatic heterocycles. The molecule has 0 saturated carbocycles. The van der Waals surface area contributed by atoms with Gasteiger partial charge in [0.15, 0.2) is 0 Å². The Morgan fingerprint density at radius 1 is 1.42 bits per heavy atom. The highest BCUT2D eigenvalue weighted by Gasteiger charge is 2.07. The number of hydrogen-bond donors (Lipinski definition) is 3. The van der Waals surface area contributed by atoms with Gasteiger partial charge in [0, 0.05) is 12.5 Å². The third kappa shape index (κ3) is 5.52. The van der Waals surface area contributed by atoms with Crippen molar-refractivity contribution in [1.82, 2.24) is 5.32 Å². The summed E-state index contributed by atoms with van der Waals surface area (Å²) in [5.74, 6) is -0.450. The Kier molecular flexibility index (Phi) is 4.83. The molecule has 5 N–H and O–H groups in total. The van der Waals surface area contributed by atoms with Gasteiger partial charge in [-0.25, -0.2) is 4.79 Å². The Bertz CT molecular complexity index is 170. The molecule has 0 radical (unpaired) electrons. The van der Waals surface area contributed by atoms with Gasteiger partial charge in [-0.15, -0.1) is 0 Å². The fourth-order valence-electron chi connectivity index (χ4n) is 0.762. The highest BCUT2D eigenvalue weighted by Crippen LogP contribution is 2.02. The number of urea groups is 1. The molecular formula is C7H15N3O2. The molecule has 0 aromatic rings. The molecular weight excluding hydrogens is 158 g/mol. The van der Waals surface area contributed by atoms with Gasteiger partial charge in [0.1, 0.15) is 0 Å². The average Bonchev–Trinajstić information content (AvgIpc) is 1.97. The molecule has 0 bridgehead atoms. The SMILES string of the molecule is C[C@@H](CCCNC(N)=O)C(N)=O. The maximum atomic E-state index is 10.5. The monoisotopic (exact) mass is 173 g/mol. The molecule has 70 valence electrons. The quantitative estimate of drug-likeness (QED) is 0.491. The van der Waals surface area contributed by atoms with Crippen LogP contribution in [0.5, 0.6) is 0 Å². The van der Waals surface area contributed by atoms with Crippen LogP contribution in [0.3, 0.4) is 0 Å². The van der Waals surface area contributed by atoms with E-state index in [2.05, 4.69) is 5.32 Å². The minimum atomic E-state index is -0.540. The molecule has 12 heavy (non-hydrogen) atoms. The van der Waals surface area contributed by atoms with Crippen molar-refractivity contribution < 1.29 is 9.59 Å². The van der Waals surface area contributed by atoms with Crippen LogP contribution in [0, 0.1) is 5.92 Å². The predicted molar refractivity (Wildman–Crippen MR) is 45.2 cm³/mol. The predicted octanol–water partition coefficient (Wildman–Crippen LogP) is -0.444. The maximum absolute atomic E-state index is 10.5. The van der Waals surface area contributed by atoms with E-state index < -0.39 is 6.03 Å². The lowest BCUT2D eigenvalue weighted by Crippen LogP contribution is -2.30. The summed E-state index contributed by atoms with van der Waals surface area (Å²) in [6.07, 6.45) is 1.39. The number of carbonyl (C=O) groups excluding carboxylic acids is 2. The van der Waals surface area contributed by atoms with Crippen molar-refractivity contribution in [3.05, 3.63) is 0 Å². The van der Waals surface area contributed by atoms with Gasteiger partial charge in [-0.3, -0.25) is 4.79 Å². The van der Waals surface area contributed by atoms with E-state index in [0.29, 0.717) is 19.4 Å². The molecule has 0 heterocycles. The van der Waals surface area contributed by atoms with E-state index in [0.717, 1.165) is 0 Å². The highest BCUT2D eigenvalue weighted by molar-refractivity contribution is 5.76. The second kappa shape index (κ2) is 5.40. The van der Waals surface area contributed by atoms with Crippen LogP contribution in [0.15, 0.2) is 0 Å². The summed E-state index contributed by atoms with van der Waals surface area (Å²) in [5.41, 5.74) is 9.85. The Balaban J connectivity index is 3.31. The molecule has 0 rings (SSSR count). The number of amides is 3. The lowest BCUT2D eigenvalue weighted by atomic mass is 10.1. The van der Waals surface area contributed by atoms with Crippen molar-refractivity contribution in [3.8, 4) is 0 Å². The molecule has 0 aromatic heterocycles. The molecule has 0 fully saturated rings. The van der Waals surface area contributed by atoms with Crippen molar-refractivity contribution in [2.45, 2.75) is 19.8 Å². The zero-order chi connectivity index (χ0) is 9.56. The first kappa shape index (κ1) is 10.7. The van der Waals surface area contributed by atoms with Crippen LogP contribution in [0.4, 0.5) is 4.79 Å². The Morgan fingerprint density at radius 2 is 2.00 bits per heavy atom. The summed E-state index contributed by atoms with van der Waals surface area (Å²) in [6.45, 7) is 2.25. The smallest absolute Gasteiger partial charge is 0.312 e. The van der Waals surface area contributed by atoms with Gasteiger partial charge in [-0.05, 0) is 12.8 Å². The van der Waals surface area contributed by atoms with Crippen molar-refractivity contribution in [3.63, 3.8) is 0 Å². The Hall–Kier alpha value is -1.26. The van der Waals surface area contributed by atoms with Crippen LogP contribution in [0.25, 0.3) is 0 Å². The first-order valence-corrected chi connectivity index (χ1v) is 3.86. The van der Waals surface area contributed by atoms with E-state index in [4.69, 9.17) is 11.5 Å². The van der Waals surface area contributed by atoms with Gasteiger partial charge in [0.2, 0.25) is 5.91 Å². The lowest BCUT2D eigenvalue weighted by molar-refractivity contribution is -0.121. The van der Waals surface area contributed by atoms with E-state index in [1.807, 2.05) is 0 Å². The van der Waals surface area contributed by atoms with Gasteiger partial charge in [0.25, 0.3) is 0 Å². The van der Waals surface area contributed by atoms with Gasteiger partial charge in [-0.1, -0.05) is 6.92 Å². The molecule has 0 saturated heterocycles. The minimum Gasteiger partial charge on any atom is -0.369 e. The van der Waals surface area contributed by atoms with E-state index in [1.54, 1.807) is 6.92 Å². The average molecular weight is 173 g/mol. The summed E-state index contributed by atoms with van der Waals surface area (Å²) >= 11 is 0. The third-order valence-electron chi connectivity index (χ3n) is 1.60. The Labute approximate surface area is 71.5 Å². The largest absolute Gasteiger partial charge is 0.369 e. The van der Waals surface area contributed by atoms with Crippen LogP contribution in [-0.2, 0) is 4.79 Å². The third-order valence-corrected chi connectivity index (χ3v) is 1.60. The van der Waals surface area contributed by atoms with Gasteiger partial charge in [0.05, 0.1) is 0 Å². The number of nitrogens with two attached hydrogens (primary N) is 2. The molecule has 5 heteroatoms. The maximum Gasteiger partial charge on any atom is 0.312 e. The lowest BCUT2D eigenvalue weighted by Gasteiger charge is -2.06. The first-order chi connectivity index (χ1) is 5.54. The number of primary amides is 2. The number of rotatable bonds is 5. The van der Waals surface area contributed by atoms with Crippen molar-refractivity contribution in [1.29, 1.82) is 0 Å². The zero-order valence-electron chi connectivity index (χ0n) is 7.17. The van der Waals surface area contributed by atoms with Gasteiger partial charge >= 0.3 is 6.03 Å². The number of carbonyl (C=O) groups is 2. The fourth-order valence-corrected chi connectivity index (χ4v) is 0.762. The van der Waals surface area contributed by atoms with Crippen LogP contribution >= 0.6 is 0 Å². The van der Waals surface area contributed by atoms with Crippen LogP contribution in [0.2, 0.25) is 0 Å². The van der Waals surface area contributed by atoms with Crippen molar-refractivity contribution >= 4 is 11.9 Å². The molecule has 3 amide bonds. The van der Waals surface area contributed by atoms with Crippen LogP contribution in [-0.4, -0.2) is 18.5 Å². The normalized spacial score (nSPS) is 12.1. The minimum absolute atomic E-state index is 0.139. The van der Waals surface area contributed by atoms with Crippen LogP contribution < -0.4 is 16.8 Å². The zero-order valence-corrected chi connectivity index (χ0v) is 7.17. The van der Waals surface area contributed by atoms with Gasteiger partial charge in [-0.2, -0.15) is 0 Å². The second-order valence-electron chi connectivity index (χ2n) is 2.74. The van der Waals surface area contributed by atoms with Crippen molar-refractivity contribution in [2.24, 2.45) is 17.4 Å². The summed E-state index contributed by atoms with van der Waals surface area (Å²) in [4.78, 5) is 20.7. The fraction of sp³-hybridized carbons (Fsp3) is 0.714. The molecule has 0 aliphatic rings. The molecule has 0 aliphatic carbocycles. The van der Waals surface area contributed by atoms with Crippen LogP contribution in [0.1, 0.15) is 19.8 Å². The highest BCUT2D eigenvalue weighted by atomic mass is 16.2. The summed E-state index contributed by atoms with van der Waals surface area (Å²) < 4.78 is 0. The second-order valence-corrected chi connectivity index (χ2v) is 2.74. The standard InChI is InChI=1S/C7H15N3O2/c1-5(6(8)11)3-2-4-10-7(9)12/h5H,2-4H2,1H3,(H2,8,11)(H3,9,10,12)/t5-/m0/s1. The Morgan fingerprint density at radius 3 is 2.42 bits per heavy atom. The van der Waals surface area contributed by atoms with E-state index >= 15 is 0 Å². The molecule has 1 atom stereocenters. The molecule has 0 aromatic carbocycles. The van der Waals surface area contributed by atoms with Gasteiger partial charge < -0.3 is 16.8 Å². The molecule has 5 nitrogen and oxygen atoms in total. The number of nitrogens with one attached hydrogen (secondary N) is 1. The summed E-state index contributed by atoms with van der Waals surface area (Å²) in [6, 6.07) is -0.540. The first-order valence-electron chi connectivity index (χ1n) is 3.86. The molecule has 0 spiro atoms. The summed E-state index contributed by atoms with van der Waals surface area (Å²) in [7, 11) is 0. The summed E-state index contributed by atoms with van der Waals surface area (Å²) in [5, 5.41) is 2.43. The van der Waals surface area contributed by atoms with Crippen molar-refractivity contribution in [2.75, 3.05) is 6.54 Å². The topological polar surface area (TPSA) is 98.2 Å². The van der Waals surface area contributed by atoms with E-state index in [9.17, 15) is 9.59 Å².